The Kier molecular flexibility index (Phi) is 8.05. The van der Waals surface area contributed by atoms with Gasteiger partial charge in [0.25, 0.3) is 16.7 Å². The van der Waals surface area contributed by atoms with Crippen LogP contribution in [0.4, 0.5) is 0 Å². The number of rotatable bonds is 5. The average Bonchev–Trinajstić information content (AvgIpc) is 3.16. The molecule has 3 aromatic rings. The van der Waals surface area contributed by atoms with Gasteiger partial charge in [-0.2, -0.15) is 4.99 Å². The molecule has 0 N–H and O–H groups in total. The van der Waals surface area contributed by atoms with Crippen LogP contribution in [0.25, 0.3) is 10.9 Å². The van der Waals surface area contributed by atoms with Crippen LogP contribution >= 0.6 is 11.8 Å². The third kappa shape index (κ3) is 5.56. The van der Waals surface area contributed by atoms with E-state index in [4.69, 9.17) is 9.47 Å². The van der Waals surface area contributed by atoms with Gasteiger partial charge in [0.15, 0.2) is 0 Å². The van der Waals surface area contributed by atoms with E-state index in [1.165, 1.54) is 29.9 Å². The first-order chi connectivity index (χ1) is 15.5. The van der Waals surface area contributed by atoms with Gasteiger partial charge in [-0.15, -0.1) is 0 Å². The second kappa shape index (κ2) is 10.9. The minimum absolute atomic E-state index is 0.0964. The molecule has 1 atom stereocenters. The van der Waals surface area contributed by atoms with Crippen molar-refractivity contribution in [3.8, 4) is 5.75 Å². The molecule has 0 aliphatic carbocycles. The number of thioether (sulfide) groups is 1. The summed E-state index contributed by atoms with van der Waals surface area (Å²) in [4.78, 5) is 32.7. The number of methoxy groups -OCH3 is 1. The fourth-order valence-electron chi connectivity index (χ4n) is 3.06. The SMILES string of the molecule is CCC.COC1=NC(=O)C(Cc2ccc(OCc3nc4ccccc4c(=O)n3C)cc2)S1. The number of amides is 1. The molecule has 7 nitrogen and oxygen atoms in total. The van der Waals surface area contributed by atoms with Gasteiger partial charge in [-0.3, -0.25) is 14.2 Å². The molecule has 2 heterocycles. The fraction of sp³-hybridized carbons (Fsp3) is 0.333. The second-order valence-electron chi connectivity index (χ2n) is 7.28. The quantitative estimate of drug-likeness (QED) is 0.578. The summed E-state index contributed by atoms with van der Waals surface area (Å²) in [6.07, 6.45) is 1.82. The van der Waals surface area contributed by atoms with Crippen LogP contribution in [0.1, 0.15) is 31.7 Å². The van der Waals surface area contributed by atoms with E-state index in [1.54, 1.807) is 13.1 Å². The number of carbonyl (C=O) groups excluding carboxylic acids is 1. The summed E-state index contributed by atoms with van der Waals surface area (Å²) in [6, 6.07) is 14.8. The van der Waals surface area contributed by atoms with Gasteiger partial charge in [-0.05, 0) is 36.2 Å². The van der Waals surface area contributed by atoms with Crippen molar-refractivity contribution in [1.82, 2.24) is 9.55 Å². The maximum absolute atomic E-state index is 12.5. The number of hydrogen-bond acceptors (Lipinski definition) is 6. The Morgan fingerprint density at radius 1 is 1.06 bits per heavy atom. The molecule has 32 heavy (non-hydrogen) atoms. The zero-order valence-electron chi connectivity index (χ0n) is 18.7. The molecule has 1 aromatic heterocycles. The summed E-state index contributed by atoms with van der Waals surface area (Å²) in [6.45, 7) is 4.43. The van der Waals surface area contributed by atoms with Crippen LogP contribution < -0.4 is 10.3 Å². The number of benzene rings is 2. The molecule has 1 unspecified atom stereocenters. The van der Waals surface area contributed by atoms with Gasteiger partial charge in [-0.1, -0.05) is 56.3 Å². The Morgan fingerprint density at radius 3 is 2.41 bits per heavy atom. The van der Waals surface area contributed by atoms with Crippen molar-refractivity contribution in [3.63, 3.8) is 0 Å². The number of hydrogen-bond donors (Lipinski definition) is 0. The average molecular weight is 454 g/mol. The highest BCUT2D eigenvalue weighted by Crippen LogP contribution is 2.26. The summed E-state index contributed by atoms with van der Waals surface area (Å²) in [5, 5.41) is 0.740. The highest BCUT2D eigenvalue weighted by atomic mass is 32.2. The van der Waals surface area contributed by atoms with Crippen LogP contribution in [-0.4, -0.2) is 33.0 Å². The van der Waals surface area contributed by atoms with Crippen LogP contribution in [0.5, 0.6) is 5.75 Å². The van der Waals surface area contributed by atoms with Crippen LogP contribution in [0.15, 0.2) is 58.3 Å². The van der Waals surface area contributed by atoms with E-state index >= 15 is 0 Å². The van der Waals surface area contributed by atoms with Crippen LogP contribution in [0.3, 0.4) is 0 Å². The number of aromatic nitrogens is 2. The molecule has 2 aromatic carbocycles. The molecule has 0 bridgehead atoms. The van der Waals surface area contributed by atoms with Gasteiger partial charge in [0.2, 0.25) is 0 Å². The predicted molar refractivity (Wildman–Crippen MR) is 128 cm³/mol. The van der Waals surface area contributed by atoms with Crippen molar-refractivity contribution in [2.75, 3.05) is 7.11 Å². The number of para-hydroxylation sites is 1. The highest BCUT2D eigenvalue weighted by molar-refractivity contribution is 8.15. The maximum Gasteiger partial charge on any atom is 0.263 e. The van der Waals surface area contributed by atoms with Gasteiger partial charge < -0.3 is 9.47 Å². The van der Waals surface area contributed by atoms with Gasteiger partial charge in [0.05, 0.1) is 23.3 Å². The van der Waals surface area contributed by atoms with Gasteiger partial charge in [0.1, 0.15) is 18.2 Å². The maximum atomic E-state index is 12.5. The van der Waals surface area contributed by atoms with Crippen molar-refractivity contribution < 1.29 is 14.3 Å². The van der Waals surface area contributed by atoms with Crippen molar-refractivity contribution in [3.05, 3.63) is 70.3 Å². The van der Waals surface area contributed by atoms with Crippen molar-refractivity contribution in [2.45, 2.75) is 38.5 Å². The standard InChI is InChI=1S/C21H19N3O4S.C3H8/c1-24-18(22-16-6-4-3-5-15(16)20(24)26)12-28-14-9-7-13(8-10-14)11-17-19(25)23-21(27-2)29-17;1-3-2/h3-10,17H,11-12H2,1-2H3;3H2,1-2H3. The first-order valence-electron chi connectivity index (χ1n) is 10.5. The second-order valence-corrected chi connectivity index (χ2v) is 8.43. The van der Waals surface area contributed by atoms with E-state index in [1.807, 2.05) is 42.5 Å². The molecule has 0 saturated carbocycles. The zero-order valence-corrected chi connectivity index (χ0v) is 19.5. The van der Waals surface area contributed by atoms with Crippen molar-refractivity contribution in [1.29, 1.82) is 0 Å². The Morgan fingerprint density at radius 2 is 1.75 bits per heavy atom. The topological polar surface area (TPSA) is 82.8 Å². The van der Waals surface area contributed by atoms with E-state index in [0.717, 1.165) is 5.56 Å². The molecular formula is C24H27N3O4S. The predicted octanol–water partition coefficient (Wildman–Crippen LogP) is 4.12. The molecule has 168 valence electrons. The molecule has 1 aliphatic rings. The van der Waals surface area contributed by atoms with E-state index < -0.39 is 0 Å². The molecule has 8 heteroatoms. The summed E-state index contributed by atoms with van der Waals surface area (Å²) in [5.74, 6) is 1.04. The first-order valence-corrected chi connectivity index (χ1v) is 11.3. The minimum Gasteiger partial charge on any atom is -0.486 e. The van der Waals surface area contributed by atoms with Crippen molar-refractivity contribution in [2.24, 2.45) is 12.0 Å². The minimum atomic E-state index is -0.256. The lowest BCUT2D eigenvalue weighted by molar-refractivity contribution is -0.117. The lowest BCUT2D eigenvalue weighted by atomic mass is 10.1. The summed E-state index contributed by atoms with van der Waals surface area (Å²) in [5.41, 5.74) is 1.56. The van der Waals surface area contributed by atoms with Gasteiger partial charge >= 0.3 is 0 Å². The zero-order chi connectivity index (χ0) is 23.1. The molecule has 1 aliphatic heterocycles. The van der Waals surface area contributed by atoms with Gasteiger partial charge in [0, 0.05) is 7.05 Å². The van der Waals surface area contributed by atoms with Gasteiger partial charge in [-0.25, -0.2) is 4.98 Å². The highest BCUT2D eigenvalue weighted by Gasteiger charge is 2.29. The third-order valence-electron chi connectivity index (χ3n) is 4.68. The Labute approximate surface area is 191 Å². The van der Waals surface area contributed by atoms with E-state index in [0.29, 0.717) is 34.1 Å². The number of nitrogens with zero attached hydrogens (tertiary/aromatic N) is 3. The Balaban J connectivity index is 0.000000913. The largest absolute Gasteiger partial charge is 0.486 e. The Bertz CT molecular complexity index is 1170. The smallest absolute Gasteiger partial charge is 0.263 e. The molecule has 0 radical (unpaired) electrons. The molecular weight excluding hydrogens is 426 g/mol. The first kappa shape index (κ1) is 23.5. The molecule has 0 saturated heterocycles. The molecule has 0 fully saturated rings. The fourth-order valence-corrected chi connectivity index (χ4v) is 3.97. The van der Waals surface area contributed by atoms with E-state index in [-0.39, 0.29) is 23.3 Å². The number of ether oxygens (including phenoxy) is 2. The van der Waals surface area contributed by atoms with Crippen LogP contribution in [0, 0.1) is 0 Å². The lowest BCUT2D eigenvalue weighted by Gasteiger charge is -2.11. The lowest BCUT2D eigenvalue weighted by Crippen LogP contribution is -2.23. The number of carbonyl (C=O) groups is 1. The molecule has 0 spiro atoms. The van der Waals surface area contributed by atoms with E-state index in [9.17, 15) is 9.59 Å². The summed E-state index contributed by atoms with van der Waals surface area (Å²) >= 11 is 1.34. The van der Waals surface area contributed by atoms with Crippen LogP contribution in [-0.2, 0) is 29.6 Å². The Hall–Kier alpha value is -3.13. The van der Waals surface area contributed by atoms with E-state index in [2.05, 4.69) is 23.8 Å². The number of fused-ring (bicyclic) bond motifs is 1. The molecule has 1 amide bonds. The third-order valence-corrected chi connectivity index (χ3v) is 5.80. The normalized spacial score (nSPS) is 15.2. The summed E-state index contributed by atoms with van der Waals surface area (Å²) in [7, 11) is 3.20. The monoisotopic (exact) mass is 453 g/mol. The van der Waals surface area contributed by atoms with Crippen LogP contribution in [0.2, 0.25) is 0 Å². The van der Waals surface area contributed by atoms with Crippen molar-refractivity contribution >= 4 is 33.8 Å². The molecule has 4 rings (SSSR count). The number of aliphatic imine (C=N–C) groups is 1. The summed E-state index contributed by atoms with van der Waals surface area (Å²) < 4.78 is 12.4.